The van der Waals surface area contributed by atoms with Crippen molar-refractivity contribution in [1.29, 1.82) is 0 Å². The normalized spacial score (nSPS) is 25.9. The van der Waals surface area contributed by atoms with Crippen LogP contribution in [-0.2, 0) is 4.79 Å². The Morgan fingerprint density at radius 3 is 2.85 bits per heavy atom. The molecule has 0 amide bonds. The highest BCUT2D eigenvalue weighted by Crippen LogP contribution is 2.41. The van der Waals surface area contributed by atoms with Crippen LogP contribution in [0.2, 0.25) is 0 Å². The number of benzene rings is 1. The summed E-state index contributed by atoms with van der Waals surface area (Å²) in [4.78, 5) is 12.8. The maximum atomic E-state index is 11.6. The molecule has 1 aromatic carbocycles. The standard InChI is InChI=1S/C16H23NO2S/c1-4-17-16(15(18)19)8-7-13(10-16)20-14-6-5-11(2)9-12(14)3/h5-6,9,13,17H,4,7-8,10H2,1-3H3,(H,18,19). The van der Waals surface area contributed by atoms with E-state index in [0.29, 0.717) is 18.2 Å². The largest absolute Gasteiger partial charge is 0.480 e. The lowest BCUT2D eigenvalue weighted by molar-refractivity contribution is -0.144. The molecule has 3 nitrogen and oxygen atoms in total. The van der Waals surface area contributed by atoms with E-state index in [9.17, 15) is 9.90 Å². The van der Waals surface area contributed by atoms with Crippen molar-refractivity contribution in [2.24, 2.45) is 0 Å². The number of likely N-dealkylation sites (N-methyl/N-ethyl adjacent to an activating group) is 1. The van der Waals surface area contributed by atoms with E-state index in [1.165, 1.54) is 16.0 Å². The van der Waals surface area contributed by atoms with E-state index in [1.807, 2.05) is 18.7 Å². The van der Waals surface area contributed by atoms with Crippen LogP contribution in [0.5, 0.6) is 0 Å². The minimum Gasteiger partial charge on any atom is -0.480 e. The zero-order valence-corrected chi connectivity index (χ0v) is 13.2. The second kappa shape index (κ2) is 6.19. The number of hydrogen-bond donors (Lipinski definition) is 2. The predicted molar refractivity (Wildman–Crippen MR) is 83.5 cm³/mol. The first-order valence-electron chi connectivity index (χ1n) is 7.19. The lowest BCUT2D eigenvalue weighted by Crippen LogP contribution is -2.50. The van der Waals surface area contributed by atoms with E-state index in [-0.39, 0.29) is 0 Å². The highest BCUT2D eigenvalue weighted by molar-refractivity contribution is 8.00. The van der Waals surface area contributed by atoms with Crippen molar-refractivity contribution in [2.75, 3.05) is 6.54 Å². The summed E-state index contributed by atoms with van der Waals surface area (Å²) in [6.07, 6.45) is 2.38. The summed E-state index contributed by atoms with van der Waals surface area (Å²) in [7, 11) is 0. The van der Waals surface area contributed by atoms with E-state index in [2.05, 4.69) is 37.4 Å². The summed E-state index contributed by atoms with van der Waals surface area (Å²) >= 11 is 1.83. The summed E-state index contributed by atoms with van der Waals surface area (Å²) in [5.41, 5.74) is 1.84. The summed E-state index contributed by atoms with van der Waals surface area (Å²) in [5.74, 6) is -0.705. The third-order valence-corrected chi connectivity index (χ3v) is 5.47. The number of aryl methyl sites for hydroxylation is 2. The third-order valence-electron chi connectivity index (χ3n) is 4.02. The van der Waals surface area contributed by atoms with Gasteiger partial charge in [-0.15, -0.1) is 11.8 Å². The number of nitrogens with one attached hydrogen (secondary N) is 1. The maximum absolute atomic E-state index is 11.6. The molecule has 4 heteroatoms. The summed E-state index contributed by atoms with van der Waals surface area (Å²) in [6.45, 7) is 6.89. The Hall–Kier alpha value is -1.00. The predicted octanol–water partition coefficient (Wildman–Crippen LogP) is 3.38. The topological polar surface area (TPSA) is 49.3 Å². The van der Waals surface area contributed by atoms with Gasteiger partial charge in [-0.2, -0.15) is 0 Å². The van der Waals surface area contributed by atoms with Crippen LogP contribution < -0.4 is 5.32 Å². The van der Waals surface area contributed by atoms with E-state index in [0.717, 1.165) is 12.8 Å². The van der Waals surface area contributed by atoms with Gasteiger partial charge in [-0.1, -0.05) is 24.6 Å². The molecule has 110 valence electrons. The molecule has 0 radical (unpaired) electrons. The maximum Gasteiger partial charge on any atom is 0.323 e. The average molecular weight is 293 g/mol. The van der Waals surface area contributed by atoms with Crippen molar-refractivity contribution >= 4 is 17.7 Å². The van der Waals surface area contributed by atoms with E-state index < -0.39 is 11.5 Å². The first kappa shape index (κ1) is 15.4. The fourth-order valence-electron chi connectivity index (χ4n) is 2.98. The van der Waals surface area contributed by atoms with Gasteiger partial charge in [0.1, 0.15) is 5.54 Å². The molecule has 0 aliphatic heterocycles. The molecule has 20 heavy (non-hydrogen) atoms. The van der Waals surface area contributed by atoms with Crippen LogP contribution in [0.4, 0.5) is 0 Å². The molecule has 1 aliphatic carbocycles. The Labute approximate surface area is 125 Å². The minimum atomic E-state index is -0.717. The van der Waals surface area contributed by atoms with Crippen LogP contribution in [0.3, 0.4) is 0 Å². The second-order valence-corrected chi connectivity index (χ2v) is 7.01. The average Bonchev–Trinajstić information content (AvgIpc) is 2.78. The van der Waals surface area contributed by atoms with Gasteiger partial charge in [0, 0.05) is 10.1 Å². The van der Waals surface area contributed by atoms with Crippen molar-refractivity contribution in [1.82, 2.24) is 5.32 Å². The molecule has 1 fully saturated rings. The molecule has 2 rings (SSSR count). The summed E-state index contributed by atoms with van der Waals surface area (Å²) in [6, 6.07) is 6.47. The molecule has 0 spiro atoms. The Balaban J connectivity index is 2.07. The molecule has 2 atom stereocenters. The lowest BCUT2D eigenvalue weighted by atomic mass is 9.98. The molecule has 0 aromatic heterocycles. The minimum absolute atomic E-state index is 0.381. The van der Waals surface area contributed by atoms with Crippen molar-refractivity contribution < 1.29 is 9.90 Å². The molecule has 0 heterocycles. The fraction of sp³-hybridized carbons (Fsp3) is 0.562. The number of carboxylic acids is 1. The molecule has 2 unspecified atom stereocenters. The van der Waals surface area contributed by atoms with Crippen molar-refractivity contribution in [3.63, 3.8) is 0 Å². The zero-order valence-electron chi connectivity index (χ0n) is 12.4. The smallest absolute Gasteiger partial charge is 0.323 e. The SMILES string of the molecule is CCNC1(C(=O)O)CCC(Sc2ccc(C)cc2C)C1. The van der Waals surface area contributed by atoms with Gasteiger partial charge in [-0.3, -0.25) is 4.79 Å². The molecular formula is C16H23NO2S. The van der Waals surface area contributed by atoms with E-state index >= 15 is 0 Å². The van der Waals surface area contributed by atoms with Crippen LogP contribution in [0.25, 0.3) is 0 Å². The number of rotatable bonds is 5. The van der Waals surface area contributed by atoms with Gasteiger partial charge in [0.05, 0.1) is 0 Å². The van der Waals surface area contributed by atoms with Gasteiger partial charge in [0.2, 0.25) is 0 Å². The number of hydrogen-bond acceptors (Lipinski definition) is 3. The van der Waals surface area contributed by atoms with Gasteiger partial charge in [-0.05, 0) is 51.3 Å². The molecule has 2 N–H and O–H groups in total. The quantitative estimate of drug-likeness (QED) is 0.874. The zero-order chi connectivity index (χ0) is 14.8. The van der Waals surface area contributed by atoms with Crippen LogP contribution in [0.15, 0.2) is 23.1 Å². The molecule has 1 saturated carbocycles. The first-order valence-corrected chi connectivity index (χ1v) is 8.07. The molecule has 0 saturated heterocycles. The van der Waals surface area contributed by atoms with Crippen LogP contribution in [0.1, 0.15) is 37.3 Å². The number of carbonyl (C=O) groups is 1. The second-order valence-electron chi connectivity index (χ2n) is 5.67. The van der Waals surface area contributed by atoms with Crippen LogP contribution in [-0.4, -0.2) is 28.4 Å². The van der Waals surface area contributed by atoms with Crippen molar-refractivity contribution in [3.05, 3.63) is 29.3 Å². The molecule has 0 bridgehead atoms. The van der Waals surface area contributed by atoms with Gasteiger partial charge >= 0.3 is 5.97 Å². The number of thioether (sulfide) groups is 1. The first-order chi connectivity index (χ1) is 9.47. The van der Waals surface area contributed by atoms with Gasteiger partial charge < -0.3 is 10.4 Å². The highest BCUT2D eigenvalue weighted by Gasteiger charge is 2.45. The monoisotopic (exact) mass is 293 g/mol. The number of carboxylic acid groups (broad SMARTS) is 1. The van der Waals surface area contributed by atoms with Gasteiger partial charge in [0.25, 0.3) is 0 Å². The van der Waals surface area contributed by atoms with Crippen molar-refractivity contribution in [3.8, 4) is 0 Å². The van der Waals surface area contributed by atoms with Crippen LogP contribution >= 0.6 is 11.8 Å². The lowest BCUT2D eigenvalue weighted by Gasteiger charge is -2.25. The fourth-order valence-corrected chi connectivity index (χ4v) is 4.33. The van der Waals surface area contributed by atoms with Gasteiger partial charge in [-0.25, -0.2) is 0 Å². The Morgan fingerprint density at radius 1 is 1.50 bits per heavy atom. The molecular weight excluding hydrogens is 270 g/mol. The van der Waals surface area contributed by atoms with E-state index in [4.69, 9.17) is 0 Å². The molecule has 1 aliphatic rings. The third kappa shape index (κ3) is 3.18. The number of aliphatic carboxylic acids is 1. The molecule has 1 aromatic rings. The van der Waals surface area contributed by atoms with Gasteiger partial charge in [0.15, 0.2) is 0 Å². The highest BCUT2D eigenvalue weighted by atomic mass is 32.2. The van der Waals surface area contributed by atoms with Crippen molar-refractivity contribution in [2.45, 2.75) is 55.7 Å². The van der Waals surface area contributed by atoms with Crippen LogP contribution in [0, 0.1) is 13.8 Å². The Kier molecular flexibility index (Phi) is 4.76. The Bertz CT molecular complexity index is 503. The Morgan fingerprint density at radius 2 is 2.25 bits per heavy atom. The summed E-state index contributed by atoms with van der Waals surface area (Å²) in [5, 5.41) is 13.1. The van der Waals surface area contributed by atoms with E-state index in [1.54, 1.807) is 0 Å². The summed E-state index contributed by atoms with van der Waals surface area (Å²) < 4.78 is 0.